The van der Waals surface area contributed by atoms with Crippen molar-refractivity contribution in [3.05, 3.63) is 24.3 Å². The summed E-state index contributed by atoms with van der Waals surface area (Å²) in [5.74, 6) is 0. The smallest absolute Gasteiger partial charge is 0.399 e. The van der Waals surface area contributed by atoms with Gasteiger partial charge in [-0.25, -0.2) is 4.79 Å². The fourth-order valence-corrected chi connectivity index (χ4v) is 2.06. The van der Waals surface area contributed by atoms with Crippen LogP contribution in [0.25, 0.3) is 0 Å². The summed E-state index contributed by atoms with van der Waals surface area (Å²) < 4.78 is 47.9. The topological polar surface area (TPSA) is 59.6 Å². The molecule has 0 saturated carbocycles. The first-order chi connectivity index (χ1) is 10.9. The van der Waals surface area contributed by atoms with Gasteiger partial charge in [-0.15, -0.1) is 0 Å². The molecule has 2 rings (SSSR count). The van der Waals surface area contributed by atoms with Crippen LogP contribution in [0, 0.1) is 0 Å². The lowest BCUT2D eigenvalue weighted by molar-refractivity contribution is -0.122. The van der Waals surface area contributed by atoms with Crippen LogP contribution in [-0.4, -0.2) is 37.1 Å². The van der Waals surface area contributed by atoms with Gasteiger partial charge in [-0.3, -0.25) is 0 Å². The van der Waals surface area contributed by atoms with Gasteiger partial charge in [0.1, 0.15) is 6.54 Å². The van der Waals surface area contributed by atoms with E-state index in [1.807, 2.05) is 27.7 Å². The maximum atomic E-state index is 12.0. The Bertz CT molecular complexity index is 587. The highest BCUT2D eigenvalue weighted by Crippen LogP contribution is 2.36. The number of rotatable bonds is 3. The molecule has 9 heteroatoms. The Kier molecular flexibility index (Phi) is 4.87. The average Bonchev–Trinajstić information content (AvgIpc) is 2.65. The fraction of sp³-hybridized carbons (Fsp3) is 0.533. The fourth-order valence-electron chi connectivity index (χ4n) is 2.06. The van der Waals surface area contributed by atoms with Gasteiger partial charge in [-0.2, -0.15) is 13.2 Å². The molecule has 5 nitrogen and oxygen atoms in total. The number of amides is 2. The predicted octanol–water partition coefficient (Wildman–Crippen LogP) is 2.67. The zero-order chi connectivity index (χ0) is 18.2. The van der Waals surface area contributed by atoms with Crippen LogP contribution in [-0.2, 0) is 9.31 Å². The van der Waals surface area contributed by atoms with Crippen LogP contribution in [0.1, 0.15) is 27.7 Å². The summed E-state index contributed by atoms with van der Waals surface area (Å²) in [5.41, 5.74) is 0.197. The van der Waals surface area contributed by atoms with Gasteiger partial charge in [-0.1, -0.05) is 12.1 Å². The van der Waals surface area contributed by atoms with E-state index in [1.165, 1.54) is 0 Å². The molecule has 132 valence electrons. The molecule has 0 bridgehead atoms. The number of carbonyl (C=O) groups excluding carboxylic acids is 1. The SMILES string of the molecule is CC1(C)OB(c2ccc(NC(=O)NCC(F)(F)F)cc2)OC1(C)C. The van der Waals surface area contributed by atoms with E-state index in [9.17, 15) is 18.0 Å². The number of halogens is 3. The molecule has 0 spiro atoms. The molecule has 2 amide bonds. The van der Waals surface area contributed by atoms with E-state index in [0.717, 1.165) is 5.46 Å². The second-order valence-corrected chi connectivity index (χ2v) is 6.63. The summed E-state index contributed by atoms with van der Waals surface area (Å²) >= 11 is 0. The number of alkyl halides is 3. The lowest BCUT2D eigenvalue weighted by Gasteiger charge is -2.32. The van der Waals surface area contributed by atoms with Crippen LogP contribution < -0.4 is 16.1 Å². The zero-order valence-electron chi connectivity index (χ0n) is 14.0. The number of carbonyl (C=O) groups is 1. The van der Waals surface area contributed by atoms with Crippen molar-refractivity contribution >= 4 is 24.3 Å². The zero-order valence-corrected chi connectivity index (χ0v) is 14.0. The molecule has 1 heterocycles. The maximum absolute atomic E-state index is 12.0. The van der Waals surface area contributed by atoms with Gasteiger partial charge in [0, 0.05) is 5.69 Å². The Morgan fingerprint density at radius 1 is 1.08 bits per heavy atom. The number of nitrogens with one attached hydrogen (secondary N) is 2. The molecule has 1 aromatic carbocycles. The quantitative estimate of drug-likeness (QED) is 0.829. The van der Waals surface area contributed by atoms with Crippen LogP contribution in [0.5, 0.6) is 0 Å². The van der Waals surface area contributed by atoms with Gasteiger partial charge in [0.2, 0.25) is 0 Å². The van der Waals surface area contributed by atoms with Gasteiger partial charge in [0.25, 0.3) is 0 Å². The summed E-state index contributed by atoms with van der Waals surface area (Å²) in [6.07, 6.45) is -4.45. The number of benzene rings is 1. The van der Waals surface area contributed by atoms with Crippen molar-refractivity contribution in [2.45, 2.75) is 45.1 Å². The molecule has 2 N–H and O–H groups in total. The van der Waals surface area contributed by atoms with Crippen molar-refractivity contribution in [1.29, 1.82) is 0 Å². The number of hydrogen-bond acceptors (Lipinski definition) is 3. The first-order valence-corrected chi connectivity index (χ1v) is 7.47. The standard InChI is InChI=1S/C15H20BF3N2O3/c1-13(2)14(3,4)24-16(23-13)10-5-7-11(8-6-10)21-12(22)20-9-15(17,18)19/h5-8H,9H2,1-4H3,(H2,20,21,22). The third kappa shape index (κ3) is 4.42. The highest BCUT2D eigenvalue weighted by molar-refractivity contribution is 6.62. The van der Waals surface area contributed by atoms with E-state index in [1.54, 1.807) is 29.6 Å². The van der Waals surface area contributed by atoms with Crippen molar-refractivity contribution in [2.75, 3.05) is 11.9 Å². The molecule has 0 radical (unpaired) electrons. The van der Waals surface area contributed by atoms with Crippen LogP contribution in [0.3, 0.4) is 0 Å². The number of hydrogen-bond donors (Lipinski definition) is 2. The first kappa shape index (κ1) is 18.6. The van der Waals surface area contributed by atoms with Gasteiger partial charge in [0.05, 0.1) is 11.2 Å². The molecule has 24 heavy (non-hydrogen) atoms. The highest BCUT2D eigenvalue weighted by Gasteiger charge is 2.51. The summed E-state index contributed by atoms with van der Waals surface area (Å²) in [4.78, 5) is 11.4. The van der Waals surface area contributed by atoms with E-state index in [2.05, 4.69) is 5.32 Å². The van der Waals surface area contributed by atoms with E-state index < -0.39 is 37.1 Å². The van der Waals surface area contributed by atoms with Crippen molar-refractivity contribution < 1.29 is 27.3 Å². The monoisotopic (exact) mass is 344 g/mol. The van der Waals surface area contributed by atoms with E-state index >= 15 is 0 Å². The second kappa shape index (κ2) is 6.29. The summed E-state index contributed by atoms with van der Waals surface area (Å²) in [6, 6.07) is 5.63. The predicted molar refractivity (Wildman–Crippen MR) is 85.2 cm³/mol. The molecule has 0 aliphatic carbocycles. The normalized spacial score (nSPS) is 19.2. The van der Waals surface area contributed by atoms with Gasteiger partial charge in [-0.05, 0) is 45.3 Å². The largest absolute Gasteiger partial charge is 0.494 e. The van der Waals surface area contributed by atoms with Crippen molar-refractivity contribution in [1.82, 2.24) is 5.32 Å². The molecule has 0 unspecified atom stereocenters. The van der Waals surface area contributed by atoms with Gasteiger partial charge in [0.15, 0.2) is 0 Å². The van der Waals surface area contributed by atoms with Crippen LogP contribution >= 0.6 is 0 Å². The van der Waals surface area contributed by atoms with Crippen LogP contribution in [0.15, 0.2) is 24.3 Å². The Morgan fingerprint density at radius 2 is 1.58 bits per heavy atom. The Hall–Kier alpha value is -1.74. The molecule has 1 aliphatic heterocycles. The Labute approximate surface area is 139 Å². The Balaban J connectivity index is 1.96. The minimum absolute atomic E-state index is 0.370. The van der Waals surface area contributed by atoms with Crippen molar-refractivity contribution in [3.8, 4) is 0 Å². The lowest BCUT2D eigenvalue weighted by Crippen LogP contribution is -2.41. The molecular formula is C15H20BF3N2O3. The van der Waals surface area contributed by atoms with Crippen molar-refractivity contribution in [3.63, 3.8) is 0 Å². The van der Waals surface area contributed by atoms with Gasteiger partial charge >= 0.3 is 19.3 Å². The molecule has 0 aromatic heterocycles. The molecule has 1 aliphatic rings. The molecule has 1 fully saturated rings. The summed E-state index contributed by atoms with van der Waals surface area (Å²) in [5, 5.41) is 4.07. The summed E-state index contributed by atoms with van der Waals surface area (Å²) in [7, 11) is -0.539. The molecular weight excluding hydrogens is 324 g/mol. The third-order valence-electron chi connectivity index (χ3n) is 4.14. The van der Waals surface area contributed by atoms with Gasteiger partial charge < -0.3 is 19.9 Å². The van der Waals surface area contributed by atoms with E-state index in [4.69, 9.17) is 9.31 Å². The first-order valence-electron chi connectivity index (χ1n) is 7.47. The minimum atomic E-state index is -4.45. The molecule has 0 atom stereocenters. The van der Waals surface area contributed by atoms with E-state index in [-0.39, 0.29) is 0 Å². The highest BCUT2D eigenvalue weighted by atomic mass is 19.4. The van der Waals surface area contributed by atoms with E-state index in [0.29, 0.717) is 5.69 Å². The van der Waals surface area contributed by atoms with Crippen molar-refractivity contribution in [2.24, 2.45) is 0 Å². The van der Waals surface area contributed by atoms with Crippen LogP contribution in [0.2, 0.25) is 0 Å². The second-order valence-electron chi connectivity index (χ2n) is 6.63. The number of anilines is 1. The lowest BCUT2D eigenvalue weighted by atomic mass is 9.79. The van der Waals surface area contributed by atoms with Crippen LogP contribution in [0.4, 0.5) is 23.7 Å². The molecule has 1 aromatic rings. The Morgan fingerprint density at radius 3 is 2.04 bits per heavy atom. The third-order valence-corrected chi connectivity index (χ3v) is 4.14. The maximum Gasteiger partial charge on any atom is 0.494 e. The number of urea groups is 1. The molecule has 1 saturated heterocycles. The average molecular weight is 344 g/mol. The minimum Gasteiger partial charge on any atom is -0.399 e. The summed E-state index contributed by atoms with van der Waals surface area (Å²) in [6.45, 7) is 6.37.